The number of carbonyl (C=O) groups excluding carboxylic acids is 2. The van der Waals surface area contributed by atoms with Crippen molar-refractivity contribution in [2.75, 3.05) is 33.4 Å². The average molecular weight is 412 g/mol. The third kappa shape index (κ3) is 4.51. The number of morpholine rings is 1. The fraction of sp³-hybridized carbons (Fsp3) is 0.478. The van der Waals surface area contributed by atoms with Gasteiger partial charge < -0.3 is 23.7 Å². The van der Waals surface area contributed by atoms with Crippen LogP contribution in [0, 0.1) is 0 Å². The van der Waals surface area contributed by atoms with Crippen LogP contribution in [-0.2, 0) is 4.74 Å². The number of rotatable bonds is 6. The fourth-order valence-corrected chi connectivity index (χ4v) is 4.31. The lowest BCUT2D eigenvalue weighted by Crippen LogP contribution is -2.52. The first kappa shape index (κ1) is 20.5. The maximum atomic E-state index is 13.0. The number of amides is 2. The molecule has 1 aliphatic heterocycles. The number of hydrogen-bond acceptors (Lipinski definition) is 5. The summed E-state index contributed by atoms with van der Waals surface area (Å²) in [4.78, 5) is 29.7. The smallest absolute Gasteiger partial charge is 0.289 e. The summed E-state index contributed by atoms with van der Waals surface area (Å²) < 4.78 is 16.5. The number of nitrogens with zero attached hydrogens (tertiary/aromatic N) is 2. The normalized spacial score (nSPS) is 19.6. The van der Waals surface area contributed by atoms with Crippen LogP contribution in [0.4, 0.5) is 0 Å². The molecule has 0 N–H and O–H groups in total. The van der Waals surface area contributed by atoms with Gasteiger partial charge in [-0.05, 0) is 49.2 Å². The van der Waals surface area contributed by atoms with Gasteiger partial charge in [0.15, 0.2) is 5.76 Å². The summed E-state index contributed by atoms with van der Waals surface area (Å²) in [6.07, 6.45) is 5.54. The van der Waals surface area contributed by atoms with Gasteiger partial charge >= 0.3 is 0 Å². The summed E-state index contributed by atoms with van der Waals surface area (Å²) in [5.41, 5.74) is 0.621. The van der Waals surface area contributed by atoms with Gasteiger partial charge in [-0.25, -0.2) is 0 Å². The van der Waals surface area contributed by atoms with Crippen molar-refractivity contribution < 1.29 is 23.5 Å². The number of methoxy groups -OCH3 is 1. The number of carbonyl (C=O) groups is 2. The van der Waals surface area contributed by atoms with Crippen LogP contribution in [0.25, 0.3) is 0 Å². The van der Waals surface area contributed by atoms with Gasteiger partial charge in [0.2, 0.25) is 0 Å². The van der Waals surface area contributed by atoms with E-state index in [9.17, 15) is 9.59 Å². The van der Waals surface area contributed by atoms with Crippen molar-refractivity contribution in [2.45, 2.75) is 37.8 Å². The van der Waals surface area contributed by atoms with Gasteiger partial charge in [0.25, 0.3) is 11.8 Å². The van der Waals surface area contributed by atoms with Crippen LogP contribution >= 0.6 is 0 Å². The van der Waals surface area contributed by atoms with Crippen LogP contribution in [0.2, 0.25) is 0 Å². The molecule has 160 valence electrons. The van der Waals surface area contributed by atoms with E-state index in [1.807, 2.05) is 4.90 Å². The van der Waals surface area contributed by atoms with E-state index in [1.165, 1.54) is 6.26 Å². The van der Waals surface area contributed by atoms with Crippen LogP contribution in [0.5, 0.6) is 5.75 Å². The van der Waals surface area contributed by atoms with Gasteiger partial charge in [-0.15, -0.1) is 0 Å². The SMILES string of the molecule is COc1ccc(C(=O)N2CCOC(CN(C(=O)c3ccco3)C3CCCC3)C2)cc1. The topological polar surface area (TPSA) is 72.2 Å². The maximum Gasteiger partial charge on any atom is 0.289 e. The molecule has 0 bridgehead atoms. The molecule has 0 radical (unpaired) electrons. The predicted octanol–water partition coefficient (Wildman–Crippen LogP) is 3.21. The first-order chi connectivity index (χ1) is 14.7. The van der Waals surface area contributed by atoms with Crippen molar-refractivity contribution in [3.8, 4) is 5.75 Å². The molecular formula is C23H28N2O5. The van der Waals surface area contributed by atoms with Crippen molar-refractivity contribution in [1.82, 2.24) is 9.80 Å². The number of ether oxygens (including phenoxy) is 2. The van der Waals surface area contributed by atoms with Crippen molar-refractivity contribution in [3.05, 3.63) is 54.0 Å². The molecule has 1 saturated carbocycles. The first-order valence-corrected chi connectivity index (χ1v) is 10.5. The monoisotopic (exact) mass is 412 g/mol. The Labute approximate surface area is 176 Å². The van der Waals surface area contributed by atoms with E-state index < -0.39 is 0 Å². The number of hydrogen-bond donors (Lipinski definition) is 0. The van der Waals surface area contributed by atoms with Gasteiger partial charge in [-0.2, -0.15) is 0 Å². The molecule has 1 unspecified atom stereocenters. The quantitative estimate of drug-likeness (QED) is 0.729. The predicted molar refractivity (Wildman–Crippen MR) is 111 cm³/mol. The molecule has 2 fully saturated rings. The lowest BCUT2D eigenvalue weighted by Gasteiger charge is -2.37. The molecule has 4 rings (SSSR count). The third-order valence-electron chi connectivity index (χ3n) is 5.92. The summed E-state index contributed by atoms with van der Waals surface area (Å²) >= 11 is 0. The van der Waals surface area contributed by atoms with Gasteiger partial charge in [0, 0.05) is 31.2 Å². The Morgan fingerprint density at radius 1 is 1.17 bits per heavy atom. The van der Waals surface area contributed by atoms with Crippen molar-refractivity contribution >= 4 is 11.8 Å². The molecule has 2 amide bonds. The Hall–Kier alpha value is -2.80. The first-order valence-electron chi connectivity index (χ1n) is 10.5. The highest BCUT2D eigenvalue weighted by atomic mass is 16.5. The van der Waals surface area contributed by atoms with E-state index in [4.69, 9.17) is 13.9 Å². The highest BCUT2D eigenvalue weighted by molar-refractivity contribution is 5.94. The van der Waals surface area contributed by atoms with Crippen LogP contribution in [-0.4, -0.2) is 67.1 Å². The van der Waals surface area contributed by atoms with E-state index in [0.717, 1.165) is 31.4 Å². The molecule has 1 atom stereocenters. The highest BCUT2D eigenvalue weighted by Crippen LogP contribution is 2.26. The summed E-state index contributed by atoms with van der Waals surface area (Å²) in [7, 11) is 1.60. The van der Waals surface area contributed by atoms with E-state index >= 15 is 0 Å². The van der Waals surface area contributed by atoms with Crippen molar-refractivity contribution in [3.63, 3.8) is 0 Å². The Bertz CT molecular complexity index is 843. The molecule has 1 aromatic carbocycles. The number of benzene rings is 1. The molecule has 1 aromatic heterocycles. The molecule has 7 nitrogen and oxygen atoms in total. The van der Waals surface area contributed by atoms with E-state index in [-0.39, 0.29) is 24.0 Å². The van der Waals surface area contributed by atoms with Crippen LogP contribution < -0.4 is 4.74 Å². The highest BCUT2D eigenvalue weighted by Gasteiger charge is 2.33. The molecule has 1 aliphatic carbocycles. The lowest BCUT2D eigenvalue weighted by molar-refractivity contribution is -0.0374. The Morgan fingerprint density at radius 3 is 2.60 bits per heavy atom. The van der Waals surface area contributed by atoms with Gasteiger partial charge in [0.05, 0.1) is 26.1 Å². The molecule has 2 aromatic rings. The maximum absolute atomic E-state index is 13.0. The van der Waals surface area contributed by atoms with E-state index in [0.29, 0.717) is 37.6 Å². The van der Waals surface area contributed by atoms with Crippen LogP contribution in [0.1, 0.15) is 46.6 Å². The van der Waals surface area contributed by atoms with E-state index in [1.54, 1.807) is 48.4 Å². The van der Waals surface area contributed by atoms with E-state index in [2.05, 4.69) is 0 Å². The average Bonchev–Trinajstić information content (AvgIpc) is 3.51. The number of furan rings is 1. The third-order valence-corrected chi connectivity index (χ3v) is 5.92. The molecule has 0 spiro atoms. The lowest BCUT2D eigenvalue weighted by atomic mass is 10.1. The fourth-order valence-electron chi connectivity index (χ4n) is 4.31. The molecule has 30 heavy (non-hydrogen) atoms. The standard InChI is InChI=1S/C23H28N2O5/c1-28-19-10-8-17(9-11-19)22(26)24-12-14-29-20(15-24)16-25(18-5-2-3-6-18)23(27)21-7-4-13-30-21/h4,7-11,13,18,20H,2-3,5-6,12,14-16H2,1H3. The largest absolute Gasteiger partial charge is 0.497 e. The summed E-state index contributed by atoms with van der Waals surface area (Å²) in [5, 5.41) is 0. The summed E-state index contributed by atoms with van der Waals surface area (Å²) in [6.45, 7) is 1.91. The minimum absolute atomic E-state index is 0.0317. The van der Waals surface area contributed by atoms with Gasteiger partial charge in [-0.1, -0.05) is 12.8 Å². The second kappa shape index (κ2) is 9.34. The Kier molecular flexibility index (Phi) is 6.38. The van der Waals surface area contributed by atoms with Gasteiger partial charge in [-0.3, -0.25) is 9.59 Å². The molecule has 2 heterocycles. The molecule has 2 aliphatic rings. The molecule has 1 saturated heterocycles. The minimum atomic E-state index is -0.222. The zero-order chi connectivity index (χ0) is 20.9. The minimum Gasteiger partial charge on any atom is -0.497 e. The summed E-state index contributed by atoms with van der Waals surface area (Å²) in [6, 6.07) is 10.7. The van der Waals surface area contributed by atoms with Crippen molar-refractivity contribution in [1.29, 1.82) is 0 Å². The van der Waals surface area contributed by atoms with Crippen LogP contribution in [0.15, 0.2) is 47.1 Å². The second-order valence-corrected chi connectivity index (χ2v) is 7.85. The van der Waals surface area contributed by atoms with Crippen LogP contribution in [0.3, 0.4) is 0 Å². The van der Waals surface area contributed by atoms with Crippen molar-refractivity contribution in [2.24, 2.45) is 0 Å². The Balaban J connectivity index is 1.44. The zero-order valence-corrected chi connectivity index (χ0v) is 17.3. The zero-order valence-electron chi connectivity index (χ0n) is 17.3. The molecular weight excluding hydrogens is 384 g/mol. The summed E-state index contributed by atoms with van der Waals surface area (Å²) in [5.74, 6) is 0.934. The second-order valence-electron chi connectivity index (χ2n) is 7.85. The molecule has 7 heteroatoms. The van der Waals surface area contributed by atoms with Gasteiger partial charge in [0.1, 0.15) is 5.75 Å². The Morgan fingerprint density at radius 2 is 1.93 bits per heavy atom.